The number of benzene rings is 3. The van der Waals surface area contributed by atoms with E-state index in [4.69, 9.17) is 39.5 Å². The number of aliphatic imine (C=N–C) groups is 1. The highest BCUT2D eigenvalue weighted by molar-refractivity contribution is 6.45. The van der Waals surface area contributed by atoms with E-state index in [1.807, 2.05) is 54.6 Å². The van der Waals surface area contributed by atoms with Crippen LogP contribution in [0.2, 0.25) is 15.1 Å². The van der Waals surface area contributed by atoms with Gasteiger partial charge in [0.15, 0.2) is 0 Å². The van der Waals surface area contributed by atoms with Crippen LogP contribution in [0.4, 0.5) is 5.69 Å². The molecule has 0 unspecified atom stereocenters. The fourth-order valence-corrected chi connectivity index (χ4v) is 3.72. The number of amidine groups is 1. The number of anilines is 1. The maximum atomic E-state index is 13.4. The molecule has 0 fully saturated rings. The summed E-state index contributed by atoms with van der Waals surface area (Å²) in [5, 5.41) is 0.896. The van der Waals surface area contributed by atoms with Crippen LogP contribution in [0, 0.1) is 0 Å². The van der Waals surface area contributed by atoms with E-state index in [0.717, 1.165) is 11.1 Å². The van der Waals surface area contributed by atoms with Gasteiger partial charge in [0.2, 0.25) is 0 Å². The van der Waals surface area contributed by atoms with E-state index in [-0.39, 0.29) is 11.6 Å². The molecule has 0 saturated heterocycles. The molecular weight excluding hydrogens is 443 g/mol. The molecular formula is C23H15Cl3N2O2. The third-order valence-electron chi connectivity index (χ3n) is 4.52. The Morgan fingerprint density at radius 1 is 0.900 bits per heavy atom. The van der Waals surface area contributed by atoms with Gasteiger partial charge < -0.3 is 4.74 Å². The zero-order chi connectivity index (χ0) is 21.3. The Kier molecular flexibility index (Phi) is 5.82. The minimum absolute atomic E-state index is 0.268. The zero-order valence-corrected chi connectivity index (χ0v) is 18.0. The fourth-order valence-electron chi connectivity index (χ4n) is 3.09. The van der Waals surface area contributed by atoms with E-state index >= 15 is 0 Å². The fraction of sp³-hybridized carbons (Fsp3) is 0.0435. The molecule has 1 heterocycles. The second kappa shape index (κ2) is 8.52. The topological polar surface area (TPSA) is 41.9 Å². The lowest BCUT2D eigenvalue weighted by Crippen LogP contribution is -2.32. The molecule has 1 amide bonds. The van der Waals surface area contributed by atoms with E-state index in [2.05, 4.69) is 4.99 Å². The van der Waals surface area contributed by atoms with Crippen LogP contribution in [0.25, 0.3) is 6.08 Å². The molecule has 7 heteroatoms. The second-order valence-electron chi connectivity index (χ2n) is 6.47. The number of hydrogen-bond donors (Lipinski definition) is 0. The Morgan fingerprint density at radius 3 is 2.37 bits per heavy atom. The lowest BCUT2D eigenvalue weighted by molar-refractivity contribution is -0.113. The van der Waals surface area contributed by atoms with E-state index in [9.17, 15) is 4.79 Å². The van der Waals surface area contributed by atoms with Gasteiger partial charge in [-0.2, -0.15) is 0 Å². The van der Waals surface area contributed by atoms with E-state index < -0.39 is 0 Å². The predicted octanol–water partition coefficient (Wildman–Crippen LogP) is 6.49. The summed E-state index contributed by atoms with van der Waals surface area (Å²) in [6.45, 7) is 0. The molecule has 3 aromatic carbocycles. The van der Waals surface area contributed by atoms with Crippen LogP contribution in [0.1, 0.15) is 11.1 Å². The molecule has 0 atom stereocenters. The summed E-state index contributed by atoms with van der Waals surface area (Å²) in [7, 11) is 1.59. The zero-order valence-electron chi connectivity index (χ0n) is 15.8. The molecule has 150 valence electrons. The van der Waals surface area contributed by atoms with E-state index in [0.29, 0.717) is 32.3 Å². The summed E-state index contributed by atoms with van der Waals surface area (Å²) < 4.78 is 5.26. The van der Waals surface area contributed by atoms with Gasteiger partial charge in [-0.15, -0.1) is 0 Å². The first kappa shape index (κ1) is 20.5. The van der Waals surface area contributed by atoms with Gasteiger partial charge in [-0.3, -0.25) is 9.69 Å². The first-order valence-electron chi connectivity index (χ1n) is 8.97. The number of halogens is 3. The Hall–Kier alpha value is -2.79. The minimum Gasteiger partial charge on any atom is -0.497 e. The Bertz CT molecular complexity index is 1190. The summed E-state index contributed by atoms with van der Waals surface area (Å²) in [5.74, 6) is 0.818. The largest absolute Gasteiger partial charge is 0.497 e. The third-order valence-corrected chi connectivity index (χ3v) is 5.55. The molecule has 4 nitrogen and oxygen atoms in total. The van der Waals surface area contributed by atoms with Crippen LogP contribution >= 0.6 is 34.8 Å². The molecule has 0 aromatic heterocycles. The molecule has 30 heavy (non-hydrogen) atoms. The van der Waals surface area contributed by atoms with Crippen molar-refractivity contribution in [1.29, 1.82) is 0 Å². The van der Waals surface area contributed by atoms with Gasteiger partial charge in [0.25, 0.3) is 5.91 Å². The molecule has 1 aliphatic heterocycles. The number of ether oxygens (including phenoxy) is 1. The summed E-state index contributed by atoms with van der Waals surface area (Å²) in [5.41, 5.74) is 2.23. The molecule has 3 aromatic rings. The van der Waals surface area contributed by atoms with Crippen LogP contribution in [-0.4, -0.2) is 18.9 Å². The van der Waals surface area contributed by atoms with Crippen LogP contribution in [-0.2, 0) is 4.79 Å². The van der Waals surface area contributed by atoms with Crippen molar-refractivity contribution in [1.82, 2.24) is 0 Å². The van der Waals surface area contributed by atoms with Crippen molar-refractivity contribution in [3.05, 3.63) is 98.6 Å². The van der Waals surface area contributed by atoms with Crippen molar-refractivity contribution < 1.29 is 9.53 Å². The van der Waals surface area contributed by atoms with Gasteiger partial charge in [-0.1, -0.05) is 77.3 Å². The quantitative estimate of drug-likeness (QED) is 0.332. The number of amides is 1. The van der Waals surface area contributed by atoms with Gasteiger partial charge in [-0.05, 0) is 35.9 Å². The second-order valence-corrected chi connectivity index (χ2v) is 7.69. The molecule has 0 bridgehead atoms. The smallest absolute Gasteiger partial charge is 0.282 e. The van der Waals surface area contributed by atoms with Crippen molar-refractivity contribution >= 4 is 58.3 Å². The highest BCUT2D eigenvalue weighted by atomic mass is 35.5. The number of nitrogens with zero attached hydrogens (tertiary/aromatic N) is 2. The summed E-state index contributed by atoms with van der Waals surface area (Å²) in [4.78, 5) is 19.4. The number of rotatable bonds is 4. The van der Waals surface area contributed by atoms with Crippen molar-refractivity contribution in [3.8, 4) is 5.75 Å². The SMILES string of the molecule is COc1cccc(/C=C2/N=C(c3ccccc3)N(c3cc(Cl)c(Cl)cc3Cl)C2=O)c1. The normalized spacial score (nSPS) is 14.9. The Morgan fingerprint density at radius 2 is 1.63 bits per heavy atom. The molecule has 0 saturated carbocycles. The number of carbonyl (C=O) groups is 1. The van der Waals surface area contributed by atoms with Crippen LogP contribution in [0.3, 0.4) is 0 Å². The van der Waals surface area contributed by atoms with Crippen molar-refractivity contribution in [3.63, 3.8) is 0 Å². The lowest BCUT2D eigenvalue weighted by Gasteiger charge is -2.20. The molecule has 0 radical (unpaired) electrons. The molecule has 0 N–H and O–H groups in total. The average molecular weight is 458 g/mol. The molecule has 0 aliphatic carbocycles. The molecule has 0 spiro atoms. The van der Waals surface area contributed by atoms with Gasteiger partial charge >= 0.3 is 0 Å². The number of methoxy groups -OCH3 is 1. The summed E-state index contributed by atoms with van der Waals surface area (Å²) >= 11 is 18.7. The Labute approximate surface area is 189 Å². The molecule has 1 aliphatic rings. The average Bonchev–Trinajstić information content (AvgIpc) is 3.07. The van der Waals surface area contributed by atoms with Gasteiger partial charge in [-0.25, -0.2) is 4.99 Å². The standard InChI is InChI=1S/C23H15Cl3N2O2/c1-30-16-9-5-6-14(10-16)11-20-23(29)28(21-13-18(25)17(24)12-19(21)26)22(27-20)15-7-3-2-4-8-15/h2-13H,1H3/b20-11+. The lowest BCUT2D eigenvalue weighted by atomic mass is 10.1. The third kappa shape index (κ3) is 3.94. The minimum atomic E-state index is -0.322. The first-order chi connectivity index (χ1) is 14.5. The van der Waals surface area contributed by atoms with Gasteiger partial charge in [0.05, 0.1) is 27.9 Å². The maximum Gasteiger partial charge on any atom is 0.282 e. The van der Waals surface area contributed by atoms with E-state index in [1.54, 1.807) is 19.3 Å². The van der Waals surface area contributed by atoms with Crippen molar-refractivity contribution in [2.45, 2.75) is 0 Å². The number of hydrogen-bond acceptors (Lipinski definition) is 3. The monoisotopic (exact) mass is 456 g/mol. The van der Waals surface area contributed by atoms with Crippen LogP contribution < -0.4 is 9.64 Å². The molecule has 4 rings (SSSR count). The van der Waals surface area contributed by atoms with Crippen LogP contribution in [0.5, 0.6) is 5.75 Å². The van der Waals surface area contributed by atoms with Crippen molar-refractivity contribution in [2.75, 3.05) is 12.0 Å². The predicted molar refractivity (Wildman–Crippen MR) is 123 cm³/mol. The van der Waals surface area contributed by atoms with Gasteiger partial charge in [0.1, 0.15) is 17.3 Å². The summed E-state index contributed by atoms with van der Waals surface area (Å²) in [6, 6.07) is 19.8. The van der Waals surface area contributed by atoms with Crippen LogP contribution in [0.15, 0.2) is 77.4 Å². The van der Waals surface area contributed by atoms with E-state index in [1.165, 1.54) is 11.0 Å². The van der Waals surface area contributed by atoms with Crippen molar-refractivity contribution in [2.24, 2.45) is 4.99 Å². The highest BCUT2D eigenvalue weighted by Gasteiger charge is 2.34. The number of carbonyl (C=O) groups excluding carboxylic acids is 1. The maximum absolute atomic E-state index is 13.4. The highest BCUT2D eigenvalue weighted by Crippen LogP contribution is 2.38. The first-order valence-corrected chi connectivity index (χ1v) is 10.1. The summed E-state index contributed by atoms with van der Waals surface area (Å²) in [6.07, 6.45) is 1.71. The Balaban J connectivity index is 1.86. The van der Waals surface area contributed by atoms with Gasteiger partial charge in [0, 0.05) is 5.56 Å².